The van der Waals surface area contributed by atoms with Gasteiger partial charge in [-0.1, -0.05) is 45.8 Å². The van der Waals surface area contributed by atoms with E-state index in [-0.39, 0.29) is 11.9 Å². The lowest BCUT2D eigenvalue weighted by Gasteiger charge is -2.36. The normalized spacial score (nSPS) is 16.4. The molecule has 0 aromatic heterocycles. The number of hydrogen-bond donors (Lipinski definition) is 0. The number of nitrogens with zero attached hydrogens (tertiary/aromatic N) is 1. The maximum absolute atomic E-state index is 6.07. The van der Waals surface area contributed by atoms with Crippen LogP contribution in [0, 0.1) is 12.8 Å². The van der Waals surface area contributed by atoms with E-state index >= 15 is 0 Å². The van der Waals surface area contributed by atoms with Gasteiger partial charge >= 0.3 is 0 Å². The Morgan fingerprint density at radius 3 is 2.55 bits per heavy atom. The van der Waals surface area contributed by atoms with E-state index in [0.29, 0.717) is 14.5 Å². The lowest BCUT2D eigenvalue weighted by Crippen LogP contribution is -2.28. The molecule has 0 aliphatic heterocycles. The van der Waals surface area contributed by atoms with Crippen LogP contribution in [0.5, 0.6) is 11.5 Å². The molecule has 1 saturated carbocycles. The van der Waals surface area contributed by atoms with Gasteiger partial charge in [-0.15, -0.1) is 0 Å². The van der Waals surface area contributed by atoms with E-state index < -0.39 is 0 Å². The molecule has 1 aliphatic rings. The van der Waals surface area contributed by atoms with E-state index in [1.54, 1.807) is 14.2 Å². The Kier molecular flexibility index (Phi) is 7.32. The van der Waals surface area contributed by atoms with Crippen molar-refractivity contribution in [1.29, 1.82) is 0 Å². The van der Waals surface area contributed by atoms with Crippen molar-refractivity contribution < 1.29 is 14.2 Å². The third-order valence-corrected chi connectivity index (χ3v) is 8.16. The van der Waals surface area contributed by atoms with Crippen molar-refractivity contribution in [2.24, 2.45) is 10.9 Å². The summed E-state index contributed by atoms with van der Waals surface area (Å²) in [5.41, 5.74) is 3.77. The second kappa shape index (κ2) is 9.73. The van der Waals surface area contributed by atoms with Gasteiger partial charge in [-0.25, -0.2) is 0 Å². The van der Waals surface area contributed by atoms with Gasteiger partial charge < -0.3 is 14.2 Å². The minimum Gasteiger partial charge on any atom is -0.493 e. The molecule has 1 fully saturated rings. The summed E-state index contributed by atoms with van der Waals surface area (Å²) in [6, 6.07) is 12.8. The van der Waals surface area contributed by atoms with Crippen LogP contribution < -0.4 is 14.8 Å². The Balaban J connectivity index is 2.16. The van der Waals surface area contributed by atoms with Crippen molar-refractivity contribution in [1.82, 2.24) is 0 Å². The van der Waals surface area contributed by atoms with Crippen molar-refractivity contribution in [3.05, 3.63) is 53.1 Å². The third kappa shape index (κ3) is 4.49. The summed E-state index contributed by atoms with van der Waals surface area (Å²) in [4.78, 5) is 4.30. The van der Waals surface area contributed by atoms with Crippen LogP contribution in [-0.4, -0.2) is 34.3 Å². The van der Waals surface area contributed by atoms with Gasteiger partial charge in [0.05, 0.1) is 7.11 Å². The number of para-hydroxylation sites is 1. The average Bonchev–Trinajstić information content (AvgIpc) is 3.58. The second-order valence-corrected chi connectivity index (χ2v) is 9.18. The molecule has 156 valence electrons. The molecule has 4 nitrogen and oxygen atoms in total. The molecule has 0 amide bonds. The molecule has 0 heterocycles. The van der Waals surface area contributed by atoms with Crippen LogP contribution in [0.3, 0.4) is 0 Å². The first-order valence-electron chi connectivity index (χ1n) is 10.2. The first-order chi connectivity index (χ1) is 14.1. The van der Waals surface area contributed by atoms with Gasteiger partial charge in [0.25, 0.3) is 0 Å². The lowest BCUT2D eigenvalue weighted by molar-refractivity contribution is 0.0478. The van der Waals surface area contributed by atoms with Crippen LogP contribution in [0.25, 0.3) is 0 Å². The maximum atomic E-state index is 6.07. The molecule has 1 aliphatic carbocycles. The van der Waals surface area contributed by atoms with Gasteiger partial charge in [0, 0.05) is 31.1 Å². The Hall–Kier alpha value is -1.90. The Morgan fingerprint density at radius 1 is 1.17 bits per heavy atom. The summed E-state index contributed by atoms with van der Waals surface area (Å²) in [5, 5.41) is 1.41. The quantitative estimate of drug-likeness (QED) is 0.311. The zero-order valence-corrected chi connectivity index (χ0v) is 19.1. The molecular formula is C24H32NO3P. The molecule has 0 radical (unpaired) electrons. The van der Waals surface area contributed by atoms with Crippen LogP contribution in [0.15, 0.2) is 41.4 Å². The highest BCUT2D eigenvalue weighted by Crippen LogP contribution is 2.61. The molecule has 2 aromatic rings. The van der Waals surface area contributed by atoms with E-state index in [1.165, 1.54) is 34.8 Å². The fourth-order valence-corrected chi connectivity index (χ4v) is 6.18. The molecule has 29 heavy (non-hydrogen) atoms. The van der Waals surface area contributed by atoms with Crippen molar-refractivity contribution in [2.45, 2.75) is 38.3 Å². The van der Waals surface area contributed by atoms with Gasteiger partial charge in [-0.2, -0.15) is 0 Å². The van der Waals surface area contributed by atoms with Gasteiger partial charge in [-0.3, -0.25) is 4.99 Å². The first-order valence-corrected chi connectivity index (χ1v) is 11.2. The van der Waals surface area contributed by atoms with Gasteiger partial charge in [0.2, 0.25) is 0 Å². The summed E-state index contributed by atoms with van der Waals surface area (Å²) < 4.78 is 16.9. The highest BCUT2D eigenvalue weighted by Gasteiger charge is 2.47. The largest absolute Gasteiger partial charge is 0.493 e. The van der Waals surface area contributed by atoms with E-state index in [4.69, 9.17) is 14.2 Å². The number of ether oxygens (including phenoxy) is 3. The van der Waals surface area contributed by atoms with Gasteiger partial charge in [0.15, 0.2) is 18.3 Å². The SMILES string of the molecule is CCC(Pc1c(C)cccc1C=NC)(c1cccc(OC)c1OCOC)C1CC1. The van der Waals surface area contributed by atoms with Crippen LogP contribution in [0.4, 0.5) is 0 Å². The Labute approximate surface area is 176 Å². The summed E-state index contributed by atoms with van der Waals surface area (Å²) in [7, 11) is 5.81. The Morgan fingerprint density at radius 2 is 1.93 bits per heavy atom. The molecule has 2 aromatic carbocycles. The van der Waals surface area contributed by atoms with Crippen LogP contribution >= 0.6 is 8.58 Å². The number of hydrogen-bond acceptors (Lipinski definition) is 4. The molecule has 3 rings (SSSR count). The molecule has 2 atom stereocenters. The minimum atomic E-state index is 0.0139. The summed E-state index contributed by atoms with van der Waals surface area (Å²) in [6.07, 6.45) is 5.54. The molecule has 2 unspecified atom stereocenters. The predicted molar refractivity (Wildman–Crippen MR) is 123 cm³/mol. The fourth-order valence-electron chi connectivity index (χ4n) is 4.16. The molecule has 0 N–H and O–H groups in total. The molecular weight excluding hydrogens is 381 g/mol. The standard InChI is InChI=1S/C24H32NO3P/c1-6-24(19-13-14-19,29-23-17(2)9-7-10-18(23)15-25-3)20-11-8-12-21(27-5)22(20)28-16-26-4/h7-12,15,19,29H,6,13-14,16H2,1-5H3. The Bertz CT molecular complexity index is 863. The third-order valence-electron chi connectivity index (χ3n) is 5.75. The monoisotopic (exact) mass is 413 g/mol. The highest BCUT2D eigenvalue weighted by molar-refractivity contribution is 7.49. The molecule has 5 heteroatoms. The van der Waals surface area contributed by atoms with Crippen LogP contribution in [0.2, 0.25) is 0 Å². The average molecular weight is 413 g/mol. The number of methoxy groups -OCH3 is 2. The highest BCUT2D eigenvalue weighted by atomic mass is 31.1. The lowest BCUT2D eigenvalue weighted by atomic mass is 9.89. The molecule has 0 spiro atoms. The minimum absolute atomic E-state index is 0.0139. The number of aliphatic imine (C=N–C) groups is 1. The van der Waals surface area contributed by atoms with Crippen molar-refractivity contribution >= 4 is 20.1 Å². The van der Waals surface area contributed by atoms with E-state index in [0.717, 1.165) is 17.9 Å². The zero-order chi connectivity index (χ0) is 20.9. The van der Waals surface area contributed by atoms with Crippen molar-refractivity contribution in [2.75, 3.05) is 28.1 Å². The van der Waals surface area contributed by atoms with E-state index in [1.807, 2.05) is 19.3 Å². The van der Waals surface area contributed by atoms with Crippen LogP contribution in [-0.2, 0) is 9.89 Å². The topological polar surface area (TPSA) is 40.0 Å². The summed E-state index contributed by atoms with van der Waals surface area (Å²) in [5.74, 6) is 2.23. The van der Waals surface area contributed by atoms with Crippen molar-refractivity contribution in [3.8, 4) is 11.5 Å². The fraction of sp³-hybridized carbons (Fsp3) is 0.458. The first kappa shape index (κ1) is 21.8. The zero-order valence-electron chi connectivity index (χ0n) is 18.1. The number of aryl methyl sites for hydroxylation is 1. The smallest absolute Gasteiger partial charge is 0.188 e. The second-order valence-electron chi connectivity index (χ2n) is 7.54. The number of benzene rings is 2. The van der Waals surface area contributed by atoms with Crippen LogP contribution in [0.1, 0.15) is 42.9 Å². The van der Waals surface area contributed by atoms with E-state index in [9.17, 15) is 0 Å². The molecule has 0 bridgehead atoms. The van der Waals surface area contributed by atoms with Gasteiger partial charge in [-0.05, 0) is 54.6 Å². The van der Waals surface area contributed by atoms with Gasteiger partial charge in [0.1, 0.15) is 0 Å². The summed E-state index contributed by atoms with van der Waals surface area (Å²) in [6.45, 7) is 4.71. The van der Waals surface area contributed by atoms with E-state index in [2.05, 4.69) is 49.2 Å². The predicted octanol–water partition coefficient (Wildman–Crippen LogP) is 5.05. The van der Waals surface area contributed by atoms with Crippen molar-refractivity contribution in [3.63, 3.8) is 0 Å². The molecule has 0 saturated heterocycles. The number of rotatable bonds is 10. The summed E-state index contributed by atoms with van der Waals surface area (Å²) >= 11 is 0. The maximum Gasteiger partial charge on any atom is 0.188 e.